The zero-order valence-electron chi connectivity index (χ0n) is 8.25. The molecule has 0 saturated carbocycles. The lowest BCUT2D eigenvalue weighted by Crippen LogP contribution is -2.33. The third kappa shape index (κ3) is 2.62. The van der Waals surface area contributed by atoms with E-state index in [-0.39, 0.29) is 6.04 Å². The minimum Gasteiger partial charge on any atom is -0.390 e. The molecular weight excluding hydrogens is 178 g/mol. The predicted octanol–water partition coefficient (Wildman–Crippen LogP) is 0.182. The van der Waals surface area contributed by atoms with Crippen LogP contribution < -0.4 is 10.6 Å². The Bertz CT molecular complexity index is 290. The molecule has 0 aliphatic heterocycles. The third-order valence-electron chi connectivity index (χ3n) is 1.94. The first kappa shape index (κ1) is 10.3. The van der Waals surface area contributed by atoms with Crippen molar-refractivity contribution in [3.8, 4) is 0 Å². The number of hydrogen-bond donors (Lipinski definition) is 3. The van der Waals surface area contributed by atoms with Crippen molar-refractivity contribution >= 4 is 0 Å². The Morgan fingerprint density at radius 3 is 3.07 bits per heavy atom. The fourth-order valence-electron chi connectivity index (χ4n) is 1.13. The van der Waals surface area contributed by atoms with E-state index >= 15 is 0 Å². The van der Waals surface area contributed by atoms with Gasteiger partial charge in [-0.3, -0.25) is 0 Å². The summed E-state index contributed by atoms with van der Waals surface area (Å²) in [5, 5.41) is 16.4. The van der Waals surface area contributed by atoms with E-state index in [9.17, 15) is 0 Å². The summed E-state index contributed by atoms with van der Waals surface area (Å²) >= 11 is 0. The van der Waals surface area contributed by atoms with Crippen LogP contribution >= 0.6 is 0 Å². The summed E-state index contributed by atoms with van der Waals surface area (Å²) in [6, 6.07) is 0.0857. The van der Waals surface area contributed by atoms with Crippen LogP contribution in [0.25, 0.3) is 0 Å². The zero-order chi connectivity index (χ0) is 10.4. The lowest BCUT2D eigenvalue weighted by molar-refractivity contribution is 0.618. The first-order chi connectivity index (χ1) is 6.77. The van der Waals surface area contributed by atoms with E-state index in [2.05, 4.69) is 39.2 Å². The van der Waals surface area contributed by atoms with Crippen LogP contribution in [0.2, 0.25) is 0 Å². The highest BCUT2D eigenvalue weighted by Crippen LogP contribution is 2.03. The van der Waals surface area contributed by atoms with Gasteiger partial charge < -0.3 is 10.6 Å². The second kappa shape index (κ2) is 5.06. The van der Waals surface area contributed by atoms with Crippen molar-refractivity contribution < 1.29 is 0 Å². The van der Waals surface area contributed by atoms with Crippen LogP contribution in [0, 0.1) is 0 Å². The number of nitrogens with one attached hydrogen (secondary N) is 3. The standard InChI is InChI=1S/C9H15N5/c1-4-11-9(7(2)10-3)5-8-6-12-14-13-8/h4,6,9-11H,1-2,5H2,3H3,(H,12,13,14). The molecular formula is C9H15N5. The first-order valence-electron chi connectivity index (χ1n) is 4.36. The molecule has 0 aliphatic carbocycles. The highest BCUT2D eigenvalue weighted by atomic mass is 15.3. The maximum Gasteiger partial charge on any atom is 0.0849 e. The molecule has 76 valence electrons. The van der Waals surface area contributed by atoms with Crippen LogP contribution in [-0.4, -0.2) is 28.5 Å². The lowest BCUT2D eigenvalue weighted by atomic mass is 10.1. The smallest absolute Gasteiger partial charge is 0.0849 e. The van der Waals surface area contributed by atoms with Gasteiger partial charge in [0, 0.05) is 19.2 Å². The Hall–Kier alpha value is -1.78. The normalized spacial score (nSPS) is 11.8. The van der Waals surface area contributed by atoms with Gasteiger partial charge in [-0.2, -0.15) is 15.4 Å². The molecule has 0 saturated heterocycles. The molecule has 1 unspecified atom stereocenters. The van der Waals surface area contributed by atoms with Crippen molar-refractivity contribution in [1.29, 1.82) is 0 Å². The Balaban J connectivity index is 2.59. The van der Waals surface area contributed by atoms with Crippen molar-refractivity contribution in [3.05, 3.63) is 36.9 Å². The monoisotopic (exact) mass is 193 g/mol. The average molecular weight is 193 g/mol. The number of H-pyrrole nitrogens is 1. The van der Waals surface area contributed by atoms with Gasteiger partial charge in [0.05, 0.1) is 17.9 Å². The average Bonchev–Trinajstić information content (AvgIpc) is 2.68. The summed E-state index contributed by atoms with van der Waals surface area (Å²) in [6.45, 7) is 7.52. The molecule has 1 atom stereocenters. The maximum atomic E-state index is 3.98. The molecule has 14 heavy (non-hydrogen) atoms. The Morgan fingerprint density at radius 2 is 2.57 bits per heavy atom. The maximum absolute atomic E-state index is 3.98. The molecule has 0 fully saturated rings. The van der Waals surface area contributed by atoms with Crippen molar-refractivity contribution in [3.63, 3.8) is 0 Å². The van der Waals surface area contributed by atoms with Gasteiger partial charge in [-0.25, -0.2) is 0 Å². The molecule has 1 heterocycles. The highest BCUT2D eigenvalue weighted by molar-refractivity contribution is 5.09. The van der Waals surface area contributed by atoms with E-state index < -0.39 is 0 Å². The van der Waals surface area contributed by atoms with Gasteiger partial charge >= 0.3 is 0 Å². The van der Waals surface area contributed by atoms with Crippen molar-refractivity contribution in [2.24, 2.45) is 0 Å². The molecule has 0 radical (unpaired) electrons. The fraction of sp³-hybridized carbons (Fsp3) is 0.333. The van der Waals surface area contributed by atoms with Crippen LogP contribution in [-0.2, 0) is 6.42 Å². The largest absolute Gasteiger partial charge is 0.390 e. The highest BCUT2D eigenvalue weighted by Gasteiger charge is 2.11. The summed E-state index contributed by atoms with van der Waals surface area (Å²) in [6.07, 6.45) is 4.07. The Labute approximate surface area is 83.3 Å². The molecule has 0 amide bonds. The van der Waals surface area contributed by atoms with Gasteiger partial charge in [0.1, 0.15) is 0 Å². The molecule has 5 heteroatoms. The molecule has 0 aliphatic rings. The summed E-state index contributed by atoms with van der Waals surface area (Å²) in [7, 11) is 1.84. The number of hydrogen-bond acceptors (Lipinski definition) is 4. The minimum absolute atomic E-state index is 0.0857. The topological polar surface area (TPSA) is 65.6 Å². The van der Waals surface area contributed by atoms with E-state index in [1.54, 1.807) is 12.4 Å². The summed E-state index contributed by atoms with van der Waals surface area (Å²) in [5.41, 5.74) is 1.79. The number of nitrogens with zero attached hydrogens (tertiary/aromatic N) is 2. The van der Waals surface area contributed by atoms with Gasteiger partial charge in [-0.1, -0.05) is 13.2 Å². The van der Waals surface area contributed by atoms with E-state index in [1.165, 1.54) is 0 Å². The van der Waals surface area contributed by atoms with Crippen LogP contribution in [0.3, 0.4) is 0 Å². The van der Waals surface area contributed by atoms with E-state index in [4.69, 9.17) is 0 Å². The Kier molecular flexibility index (Phi) is 3.72. The number of rotatable bonds is 6. The molecule has 0 aromatic carbocycles. The molecule has 1 aromatic heterocycles. The minimum atomic E-state index is 0.0857. The lowest BCUT2D eigenvalue weighted by Gasteiger charge is -2.18. The quantitative estimate of drug-likeness (QED) is 0.603. The van der Waals surface area contributed by atoms with Gasteiger partial charge in [0.25, 0.3) is 0 Å². The molecule has 0 bridgehead atoms. The van der Waals surface area contributed by atoms with Crippen molar-refractivity contribution in [2.75, 3.05) is 7.05 Å². The van der Waals surface area contributed by atoms with Crippen LogP contribution in [0.1, 0.15) is 5.69 Å². The van der Waals surface area contributed by atoms with Gasteiger partial charge in [-0.15, -0.1) is 0 Å². The van der Waals surface area contributed by atoms with Crippen LogP contribution in [0.4, 0.5) is 0 Å². The first-order valence-corrected chi connectivity index (χ1v) is 4.36. The predicted molar refractivity (Wildman–Crippen MR) is 55.4 cm³/mol. The second-order valence-corrected chi connectivity index (χ2v) is 2.86. The van der Waals surface area contributed by atoms with Crippen LogP contribution in [0.15, 0.2) is 31.3 Å². The number of aromatic amines is 1. The Morgan fingerprint density at radius 1 is 1.79 bits per heavy atom. The van der Waals surface area contributed by atoms with E-state index in [1.807, 2.05) is 7.05 Å². The SMILES string of the molecule is C=CNC(Cc1cn[nH]n1)C(=C)NC. The third-order valence-corrected chi connectivity index (χ3v) is 1.94. The summed E-state index contributed by atoms with van der Waals surface area (Å²) in [4.78, 5) is 0. The van der Waals surface area contributed by atoms with Crippen molar-refractivity contribution in [2.45, 2.75) is 12.5 Å². The molecule has 1 rings (SSSR count). The zero-order valence-corrected chi connectivity index (χ0v) is 8.25. The second-order valence-electron chi connectivity index (χ2n) is 2.86. The van der Waals surface area contributed by atoms with Gasteiger partial charge in [0.15, 0.2) is 0 Å². The van der Waals surface area contributed by atoms with Gasteiger partial charge in [-0.05, 0) is 6.20 Å². The van der Waals surface area contributed by atoms with E-state index in [0.717, 1.165) is 17.8 Å². The fourth-order valence-corrected chi connectivity index (χ4v) is 1.13. The van der Waals surface area contributed by atoms with Crippen LogP contribution in [0.5, 0.6) is 0 Å². The summed E-state index contributed by atoms with van der Waals surface area (Å²) in [5.74, 6) is 0. The molecule has 5 nitrogen and oxygen atoms in total. The van der Waals surface area contributed by atoms with E-state index in [0.29, 0.717) is 0 Å². The number of aromatic nitrogens is 3. The molecule has 3 N–H and O–H groups in total. The van der Waals surface area contributed by atoms with Gasteiger partial charge in [0.2, 0.25) is 0 Å². The molecule has 1 aromatic rings. The number of likely N-dealkylation sites (N-methyl/N-ethyl adjacent to an activating group) is 1. The van der Waals surface area contributed by atoms with Crippen molar-refractivity contribution in [1.82, 2.24) is 26.0 Å². The summed E-state index contributed by atoms with van der Waals surface area (Å²) < 4.78 is 0. The molecule has 0 spiro atoms.